The van der Waals surface area contributed by atoms with Gasteiger partial charge in [0.05, 0.1) is 10.3 Å². The number of benzene rings is 1. The summed E-state index contributed by atoms with van der Waals surface area (Å²) in [4.78, 5) is -0.254. The largest absolute Gasteiger partial charge is 0.326 e. The third-order valence-corrected chi connectivity index (χ3v) is 5.27. The molecule has 1 heterocycles. The van der Waals surface area contributed by atoms with E-state index >= 15 is 0 Å². The zero-order chi connectivity index (χ0) is 16.2. The van der Waals surface area contributed by atoms with Crippen molar-refractivity contribution < 1.29 is 30.5 Å². The fraction of sp³-hybridized carbons (Fsp3) is 0.417. The molecule has 21 heavy (non-hydrogen) atoms. The van der Waals surface area contributed by atoms with E-state index in [1.165, 1.54) is 22.8 Å². The maximum atomic E-state index is 11.2. The molecule has 0 aromatic heterocycles. The molecule has 9 heteroatoms. The van der Waals surface area contributed by atoms with Gasteiger partial charge in [0.25, 0.3) is 16.0 Å². The van der Waals surface area contributed by atoms with Gasteiger partial charge in [-0.3, -0.25) is 9.11 Å². The van der Waals surface area contributed by atoms with Crippen LogP contribution in [0.4, 0.5) is 5.69 Å². The molecule has 0 saturated heterocycles. The van der Waals surface area contributed by atoms with E-state index in [0.717, 1.165) is 0 Å². The third-order valence-electron chi connectivity index (χ3n) is 3.83. The molecule has 0 fully saturated rings. The summed E-state index contributed by atoms with van der Waals surface area (Å²) in [6, 6.07) is 3.93. The van der Waals surface area contributed by atoms with Gasteiger partial charge in [0, 0.05) is 18.6 Å². The molecule has 0 spiro atoms. The van der Waals surface area contributed by atoms with E-state index in [4.69, 9.17) is 9.11 Å². The minimum atomic E-state index is -4.34. The van der Waals surface area contributed by atoms with Gasteiger partial charge in [0.2, 0.25) is 5.69 Å². The van der Waals surface area contributed by atoms with Crippen LogP contribution in [0.3, 0.4) is 0 Å². The van der Waals surface area contributed by atoms with Gasteiger partial charge in [-0.2, -0.15) is 21.4 Å². The first kappa shape index (κ1) is 16.1. The average Bonchev–Trinajstić information content (AvgIpc) is 2.48. The molecule has 116 valence electrons. The van der Waals surface area contributed by atoms with E-state index in [1.54, 1.807) is 20.8 Å². The van der Waals surface area contributed by atoms with Crippen LogP contribution in [0, 0.1) is 0 Å². The Bertz CT molecular complexity index is 850. The van der Waals surface area contributed by atoms with Crippen LogP contribution in [0.5, 0.6) is 0 Å². The summed E-state index contributed by atoms with van der Waals surface area (Å²) in [5, 5.41) is 0. The van der Waals surface area contributed by atoms with Crippen molar-refractivity contribution in [3.8, 4) is 0 Å². The van der Waals surface area contributed by atoms with Crippen LogP contribution >= 0.6 is 0 Å². The molecule has 0 atom stereocenters. The van der Waals surface area contributed by atoms with Crippen molar-refractivity contribution in [1.29, 1.82) is 0 Å². The predicted octanol–water partition coefficient (Wildman–Crippen LogP) is 1.17. The van der Waals surface area contributed by atoms with Gasteiger partial charge in [-0.1, -0.05) is 0 Å². The van der Waals surface area contributed by atoms with Gasteiger partial charge < -0.3 is 0 Å². The number of hydrogen-bond acceptors (Lipinski definition) is 4. The molecule has 7 nitrogen and oxygen atoms in total. The first-order valence-corrected chi connectivity index (χ1v) is 9.08. The van der Waals surface area contributed by atoms with Crippen molar-refractivity contribution in [3.63, 3.8) is 0 Å². The minimum absolute atomic E-state index is 0.254. The van der Waals surface area contributed by atoms with Crippen molar-refractivity contribution in [2.75, 3.05) is 5.88 Å². The van der Waals surface area contributed by atoms with Crippen molar-refractivity contribution in [3.05, 3.63) is 23.8 Å². The van der Waals surface area contributed by atoms with Gasteiger partial charge in [-0.15, -0.1) is 0 Å². The van der Waals surface area contributed by atoms with Crippen LogP contribution in [0.15, 0.2) is 23.1 Å². The first-order chi connectivity index (χ1) is 9.34. The van der Waals surface area contributed by atoms with E-state index in [2.05, 4.69) is 0 Å². The van der Waals surface area contributed by atoms with Gasteiger partial charge in [0.15, 0.2) is 5.71 Å². The van der Waals surface area contributed by atoms with Crippen LogP contribution in [-0.2, 0) is 25.7 Å². The third kappa shape index (κ3) is 2.86. The Kier molecular flexibility index (Phi) is 3.53. The Morgan fingerprint density at radius 3 is 2.19 bits per heavy atom. The quantitative estimate of drug-likeness (QED) is 0.634. The number of fused-ring (bicyclic) bond motifs is 1. The molecule has 2 rings (SSSR count). The van der Waals surface area contributed by atoms with Gasteiger partial charge >= 0.3 is 10.1 Å². The smallest absolute Gasteiger partial charge is 0.282 e. The average molecular weight is 334 g/mol. The molecule has 1 aromatic rings. The minimum Gasteiger partial charge on any atom is -0.282 e. The Hall–Kier alpha value is -1.29. The lowest BCUT2D eigenvalue weighted by Gasteiger charge is -2.15. The van der Waals surface area contributed by atoms with Gasteiger partial charge in [-0.25, -0.2) is 0 Å². The van der Waals surface area contributed by atoms with E-state index in [9.17, 15) is 16.8 Å². The Labute approximate surface area is 123 Å². The molecule has 0 saturated carbocycles. The molecule has 1 aliphatic heterocycles. The molecule has 0 unspecified atom stereocenters. The summed E-state index contributed by atoms with van der Waals surface area (Å²) < 4.78 is 64.4. The van der Waals surface area contributed by atoms with Crippen LogP contribution in [-0.4, -0.2) is 42.1 Å². The van der Waals surface area contributed by atoms with Crippen LogP contribution in [0.1, 0.15) is 26.3 Å². The second-order valence-electron chi connectivity index (χ2n) is 5.50. The molecule has 0 radical (unpaired) electrons. The Morgan fingerprint density at radius 1 is 1.14 bits per heavy atom. The monoisotopic (exact) mass is 334 g/mol. The lowest BCUT2D eigenvalue weighted by molar-refractivity contribution is -0.417. The predicted molar refractivity (Wildman–Crippen MR) is 76.3 cm³/mol. The summed E-state index contributed by atoms with van der Waals surface area (Å²) in [6.07, 6.45) is 0. The molecule has 2 N–H and O–H groups in total. The zero-order valence-corrected chi connectivity index (χ0v) is 13.4. The van der Waals surface area contributed by atoms with Crippen LogP contribution in [0.2, 0.25) is 0 Å². The highest BCUT2D eigenvalue weighted by atomic mass is 32.2. The van der Waals surface area contributed by atoms with Crippen molar-refractivity contribution >= 4 is 31.6 Å². The van der Waals surface area contributed by atoms with E-state index in [0.29, 0.717) is 17.0 Å². The summed E-state index contributed by atoms with van der Waals surface area (Å²) in [6.45, 7) is 5.32. The highest BCUT2D eigenvalue weighted by Crippen LogP contribution is 2.40. The number of hydrogen-bond donors (Lipinski definition) is 2. The second kappa shape index (κ2) is 4.60. The zero-order valence-electron chi connectivity index (χ0n) is 11.7. The van der Waals surface area contributed by atoms with Gasteiger partial charge in [-0.05, 0) is 26.0 Å². The second-order valence-corrected chi connectivity index (χ2v) is 8.35. The first-order valence-electron chi connectivity index (χ1n) is 6.03. The maximum absolute atomic E-state index is 11.2. The van der Waals surface area contributed by atoms with E-state index in [-0.39, 0.29) is 4.90 Å². The number of nitrogens with zero attached hydrogens (tertiary/aromatic N) is 1. The normalized spacial score (nSPS) is 18.0. The molecule has 0 amide bonds. The molecule has 0 bridgehead atoms. The summed E-state index contributed by atoms with van der Waals surface area (Å²) >= 11 is 0. The molecular weight excluding hydrogens is 318 g/mol. The lowest BCUT2D eigenvalue weighted by atomic mass is 9.82. The lowest BCUT2D eigenvalue weighted by Crippen LogP contribution is -2.28. The summed E-state index contributed by atoms with van der Waals surface area (Å²) in [7, 11) is -8.57. The number of rotatable bonds is 3. The molecule has 1 aliphatic rings. The van der Waals surface area contributed by atoms with E-state index < -0.39 is 31.5 Å². The molecule has 1 aromatic carbocycles. The van der Waals surface area contributed by atoms with Gasteiger partial charge in [0.1, 0.15) is 0 Å². The molecular formula is C12H16NO6S2+. The SMILES string of the molecule is CC1=[N+](CS(=O)(=O)O)c2ccc(S(=O)(=O)O)cc2C1(C)C. The Morgan fingerprint density at radius 2 is 1.71 bits per heavy atom. The van der Waals surface area contributed by atoms with Crippen molar-refractivity contribution in [2.45, 2.75) is 31.1 Å². The fourth-order valence-electron chi connectivity index (χ4n) is 2.45. The highest BCUT2D eigenvalue weighted by molar-refractivity contribution is 7.86. The maximum Gasteiger partial charge on any atom is 0.326 e. The summed E-state index contributed by atoms with van der Waals surface area (Å²) in [5.74, 6) is -0.611. The fourth-order valence-corrected chi connectivity index (χ4v) is 3.62. The van der Waals surface area contributed by atoms with Crippen LogP contribution in [0.25, 0.3) is 0 Å². The highest BCUT2D eigenvalue weighted by Gasteiger charge is 2.44. The van der Waals surface area contributed by atoms with Crippen molar-refractivity contribution in [2.24, 2.45) is 0 Å². The standard InChI is InChI=1S/C12H15NO6S2/c1-8-12(2,3)10-6-9(21(17,18)19)4-5-11(10)13(8)7-20(14,15)16/h4-6H,7H2,1-3H3,(H-,14,15,16,17,18,19)/p+1. The van der Waals surface area contributed by atoms with E-state index in [1.807, 2.05) is 0 Å². The Balaban J connectivity index is 2.69. The van der Waals surface area contributed by atoms with Crippen LogP contribution < -0.4 is 0 Å². The topological polar surface area (TPSA) is 112 Å². The summed E-state index contributed by atoms with van der Waals surface area (Å²) in [5.41, 5.74) is 1.09. The van der Waals surface area contributed by atoms with Crippen molar-refractivity contribution in [1.82, 2.24) is 0 Å². The molecule has 0 aliphatic carbocycles.